The maximum absolute atomic E-state index is 13.1. The van der Waals surface area contributed by atoms with Gasteiger partial charge in [-0.2, -0.15) is 0 Å². The third-order valence-electron chi connectivity index (χ3n) is 2.45. The van der Waals surface area contributed by atoms with Crippen LogP contribution < -0.4 is 0 Å². The first kappa shape index (κ1) is 13.7. The van der Waals surface area contributed by atoms with Gasteiger partial charge in [0.15, 0.2) is 0 Å². The molecule has 5 heteroatoms. The molecule has 94 valence electrons. The third-order valence-corrected chi connectivity index (χ3v) is 3.67. The van der Waals surface area contributed by atoms with Crippen LogP contribution >= 0.6 is 34.2 Å². The van der Waals surface area contributed by atoms with Gasteiger partial charge in [0.1, 0.15) is 17.7 Å². The van der Waals surface area contributed by atoms with E-state index in [1.54, 1.807) is 18.2 Å². The maximum Gasteiger partial charge on any atom is 0.126 e. The molecule has 0 aliphatic rings. The van der Waals surface area contributed by atoms with Gasteiger partial charge in [0.25, 0.3) is 0 Å². The lowest BCUT2D eigenvalue weighted by atomic mass is 10.0. The Balaban J connectivity index is 2.47. The Hall–Kier alpha value is -0.720. The van der Waals surface area contributed by atoms with E-state index in [1.165, 1.54) is 0 Å². The van der Waals surface area contributed by atoms with E-state index in [4.69, 9.17) is 11.6 Å². The second-order valence-electron chi connectivity index (χ2n) is 3.77. The van der Waals surface area contributed by atoms with Crippen molar-refractivity contribution in [3.05, 3.63) is 67.8 Å². The first-order chi connectivity index (χ1) is 8.47. The van der Waals surface area contributed by atoms with Gasteiger partial charge in [-0.05, 0) is 64.0 Å². The highest BCUT2D eigenvalue weighted by Gasteiger charge is 2.16. The molecule has 0 radical (unpaired) electrons. The fourth-order valence-corrected chi connectivity index (χ4v) is 2.45. The Bertz CT molecular complexity index is 569. The molecule has 2 rings (SSSR count). The van der Waals surface area contributed by atoms with Crippen molar-refractivity contribution in [1.82, 2.24) is 0 Å². The van der Waals surface area contributed by atoms with Crippen LogP contribution in [0.25, 0.3) is 0 Å². The zero-order valence-electron chi connectivity index (χ0n) is 9.00. The van der Waals surface area contributed by atoms with Gasteiger partial charge in [-0.25, -0.2) is 8.78 Å². The summed E-state index contributed by atoms with van der Waals surface area (Å²) in [6.07, 6.45) is -1.11. The predicted molar refractivity (Wildman–Crippen MR) is 74.6 cm³/mol. The van der Waals surface area contributed by atoms with E-state index in [1.807, 2.05) is 22.6 Å². The topological polar surface area (TPSA) is 20.2 Å². The maximum atomic E-state index is 13.1. The fourth-order valence-electron chi connectivity index (χ4n) is 1.64. The van der Waals surface area contributed by atoms with E-state index < -0.39 is 17.7 Å². The molecule has 0 bridgehead atoms. The van der Waals surface area contributed by atoms with E-state index in [9.17, 15) is 13.9 Å². The Morgan fingerprint density at radius 3 is 2.28 bits per heavy atom. The van der Waals surface area contributed by atoms with Crippen LogP contribution in [-0.4, -0.2) is 5.11 Å². The Kier molecular flexibility index (Phi) is 4.19. The molecule has 0 fully saturated rings. The quantitative estimate of drug-likeness (QED) is 0.770. The van der Waals surface area contributed by atoms with E-state index >= 15 is 0 Å². The molecule has 0 aliphatic heterocycles. The molecule has 0 saturated heterocycles. The second-order valence-corrected chi connectivity index (χ2v) is 5.37. The highest BCUT2D eigenvalue weighted by Crippen LogP contribution is 2.29. The van der Waals surface area contributed by atoms with Gasteiger partial charge < -0.3 is 5.11 Å². The predicted octanol–water partition coefficient (Wildman–Crippen LogP) is 4.30. The summed E-state index contributed by atoms with van der Waals surface area (Å²) in [5.41, 5.74) is 0.681. The lowest BCUT2D eigenvalue weighted by molar-refractivity contribution is 0.218. The van der Waals surface area contributed by atoms with Gasteiger partial charge >= 0.3 is 0 Å². The standard InChI is InChI=1S/C13H8ClF2IO/c14-8-1-2-12(17)11(5-8)13(18)7-3-9(15)6-10(16)4-7/h1-6,13,18H. The van der Waals surface area contributed by atoms with Crippen molar-refractivity contribution >= 4 is 34.2 Å². The highest BCUT2D eigenvalue weighted by molar-refractivity contribution is 14.1. The van der Waals surface area contributed by atoms with Crippen molar-refractivity contribution in [1.29, 1.82) is 0 Å². The lowest BCUT2D eigenvalue weighted by Crippen LogP contribution is -2.03. The molecule has 0 saturated carbocycles. The summed E-state index contributed by atoms with van der Waals surface area (Å²) < 4.78 is 27.0. The van der Waals surface area contributed by atoms with Crippen LogP contribution in [0.4, 0.5) is 8.78 Å². The fraction of sp³-hybridized carbons (Fsp3) is 0.0769. The Morgan fingerprint density at radius 2 is 1.67 bits per heavy atom. The van der Waals surface area contributed by atoms with E-state index in [-0.39, 0.29) is 5.56 Å². The van der Waals surface area contributed by atoms with Crippen molar-refractivity contribution in [2.45, 2.75) is 6.10 Å². The molecule has 0 spiro atoms. The van der Waals surface area contributed by atoms with E-state index in [2.05, 4.69) is 0 Å². The SMILES string of the molecule is OC(c1cc(F)cc(F)c1)c1cc(Cl)ccc1I. The minimum Gasteiger partial charge on any atom is -0.384 e. The molecule has 0 aromatic heterocycles. The molecule has 2 aromatic rings. The van der Waals surface area contributed by atoms with E-state index in [0.29, 0.717) is 10.6 Å². The lowest BCUT2D eigenvalue weighted by Gasteiger charge is -2.14. The van der Waals surface area contributed by atoms with Crippen LogP contribution in [-0.2, 0) is 0 Å². The number of aliphatic hydroxyl groups excluding tert-OH is 1. The first-order valence-electron chi connectivity index (χ1n) is 5.06. The van der Waals surface area contributed by atoms with Crippen molar-refractivity contribution < 1.29 is 13.9 Å². The first-order valence-corrected chi connectivity index (χ1v) is 6.52. The number of hydrogen-bond acceptors (Lipinski definition) is 1. The second kappa shape index (κ2) is 5.50. The smallest absolute Gasteiger partial charge is 0.126 e. The molecule has 0 amide bonds. The summed E-state index contributed by atoms with van der Waals surface area (Å²) in [6, 6.07) is 7.97. The highest BCUT2D eigenvalue weighted by atomic mass is 127. The zero-order chi connectivity index (χ0) is 13.3. The van der Waals surface area contributed by atoms with Crippen molar-refractivity contribution in [3.63, 3.8) is 0 Å². The van der Waals surface area contributed by atoms with Gasteiger partial charge in [-0.1, -0.05) is 11.6 Å². The largest absolute Gasteiger partial charge is 0.384 e. The number of rotatable bonds is 2. The summed E-state index contributed by atoms with van der Waals surface area (Å²) in [5, 5.41) is 10.6. The van der Waals surface area contributed by atoms with Gasteiger partial charge in [-0.15, -0.1) is 0 Å². The zero-order valence-corrected chi connectivity index (χ0v) is 11.9. The molecule has 0 heterocycles. The monoisotopic (exact) mass is 380 g/mol. The molecule has 1 N–H and O–H groups in total. The van der Waals surface area contributed by atoms with Crippen LogP contribution in [0, 0.1) is 15.2 Å². The van der Waals surface area contributed by atoms with Gasteiger partial charge in [-0.3, -0.25) is 0 Å². The molecule has 1 nitrogen and oxygen atoms in total. The molecular formula is C13H8ClF2IO. The minimum atomic E-state index is -1.11. The molecule has 1 atom stereocenters. The normalized spacial score (nSPS) is 12.5. The number of hydrogen-bond donors (Lipinski definition) is 1. The minimum absolute atomic E-state index is 0.160. The number of aliphatic hydroxyl groups is 1. The molecule has 1 unspecified atom stereocenters. The van der Waals surface area contributed by atoms with Crippen molar-refractivity contribution in [2.75, 3.05) is 0 Å². The molecular weight excluding hydrogens is 372 g/mol. The van der Waals surface area contributed by atoms with E-state index in [0.717, 1.165) is 21.8 Å². The average Bonchev–Trinajstić information content (AvgIpc) is 2.30. The number of halogens is 4. The summed E-state index contributed by atoms with van der Waals surface area (Å²) in [7, 11) is 0. The van der Waals surface area contributed by atoms with Crippen LogP contribution in [0.3, 0.4) is 0 Å². The van der Waals surface area contributed by atoms with Crippen LogP contribution in [0.5, 0.6) is 0 Å². The van der Waals surface area contributed by atoms with Crippen LogP contribution in [0.15, 0.2) is 36.4 Å². The average molecular weight is 381 g/mol. The third kappa shape index (κ3) is 2.99. The van der Waals surface area contributed by atoms with Crippen LogP contribution in [0.1, 0.15) is 17.2 Å². The summed E-state index contributed by atoms with van der Waals surface area (Å²) in [6.45, 7) is 0. The Labute approximate surface area is 122 Å². The summed E-state index contributed by atoms with van der Waals surface area (Å²) in [5.74, 6) is -1.44. The van der Waals surface area contributed by atoms with Gasteiger partial charge in [0.2, 0.25) is 0 Å². The Morgan fingerprint density at radius 1 is 1.06 bits per heavy atom. The molecule has 18 heavy (non-hydrogen) atoms. The van der Waals surface area contributed by atoms with Crippen LogP contribution in [0.2, 0.25) is 5.02 Å². The molecule has 0 aliphatic carbocycles. The summed E-state index contributed by atoms with van der Waals surface area (Å²) in [4.78, 5) is 0. The number of benzene rings is 2. The van der Waals surface area contributed by atoms with Gasteiger partial charge in [0.05, 0.1) is 0 Å². The summed E-state index contributed by atoms with van der Waals surface area (Å²) >= 11 is 7.88. The van der Waals surface area contributed by atoms with Crippen molar-refractivity contribution in [3.8, 4) is 0 Å². The molecule has 2 aromatic carbocycles. The van der Waals surface area contributed by atoms with Crippen molar-refractivity contribution in [2.24, 2.45) is 0 Å². The van der Waals surface area contributed by atoms with Gasteiger partial charge in [0, 0.05) is 14.7 Å².